The van der Waals surface area contributed by atoms with Crippen LogP contribution in [0.2, 0.25) is 5.02 Å². The van der Waals surface area contributed by atoms with Crippen LogP contribution < -0.4 is 10.1 Å². The van der Waals surface area contributed by atoms with E-state index in [9.17, 15) is 4.79 Å². The lowest BCUT2D eigenvalue weighted by atomic mass is 10.2. The van der Waals surface area contributed by atoms with Gasteiger partial charge in [-0.2, -0.15) is 0 Å². The minimum absolute atomic E-state index is 0.108. The predicted octanol–water partition coefficient (Wildman–Crippen LogP) is 4.93. The quantitative estimate of drug-likeness (QED) is 0.565. The summed E-state index contributed by atoms with van der Waals surface area (Å²) in [6, 6.07) is 13.1. The number of thiocarbonyl (C=S) groups is 1. The van der Waals surface area contributed by atoms with E-state index >= 15 is 0 Å². The molecule has 1 aliphatic rings. The summed E-state index contributed by atoms with van der Waals surface area (Å²) >= 11 is 12.7. The summed E-state index contributed by atoms with van der Waals surface area (Å²) in [5.41, 5.74) is 2.85. The van der Waals surface area contributed by atoms with Crippen LogP contribution in [0.4, 0.5) is 5.69 Å². The van der Waals surface area contributed by atoms with Crippen LogP contribution in [0.25, 0.3) is 6.08 Å². The number of ether oxygens (including phenoxy) is 1. The van der Waals surface area contributed by atoms with E-state index in [0.29, 0.717) is 20.9 Å². The number of benzene rings is 2. The van der Waals surface area contributed by atoms with Crippen LogP contribution in [0.1, 0.15) is 11.1 Å². The second-order valence-corrected chi connectivity index (χ2v) is 7.79. The van der Waals surface area contributed by atoms with E-state index in [-0.39, 0.29) is 5.91 Å². The summed E-state index contributed by atoms with van der Waals surface area (Å²) in [7, 11) is 1.62. The van der Waals surface area contributed by atoms with Gasteiger partial charge in [0.25, 0.3) is 5.91 Å². The highest BCUT2D eigenvalue weighted by atomic mass is 35.5. The number of hydrogen-bond acceptors (Lipinski definition) is 5. The van der Waals surface area contributed by atoms with Gasteiger partial charge in [0.15, 0.2) is 0 Å². The maximum absolute atomic E-state index is 12.7. The number of amides is 1. The standard InChI is InChI=1S/C19H17ClN2O2S2/c1-12-3-6-14(20)10-16(12)21-11-22-18(23)17(26-19(22)25)9-13-4-7-15(24-2)8-5-13/h3-10,21H,11H2,1-2H3/b17-9-. The molecule has 0 bridgehead atoms. The Morgan fingerprint density at radius 2 is 2.00 bits per heavy atom. The van der Waals surface area contributed by atoms with Crippen LogP contribution >= 0.6 is 35.6 Å². The number of rotatable bonds is 5. The number of aryl methyl sites for hydroxylation is 1. The van der Waals surface area contributed by atoms with Crippen molar-refractivity contribution in [2.24, 2.45) is 0 Å². The first-order chi connectivity index (χ1) is 12.5. The summed E-state index contributed by atoms with van der Waals surface area (Å²) < 4.78 is 5.68. The summed E-state index contributed by atoms with van der Waals surface area (Å²) in [5, 5.41) is 3.87. The molecule has 2 aromatic rings. The highest BCUT2D eigenvalue weighted by molar-refractivity contribution is 8.26. The molecule has 0 spiro atoms. The molecule has 1 saturated heterocycles. The van der Waals surface area contributed by atoms with Gasteiger partial charge in [-0.3, -0.25) is 9.69 Å². The van der Waals surface area contributed by atoms with E-state index in [1.165, 1.54) is 11.8 Å². The highest BCUT2D eigenvalue weighted by Gasteiger charge is 2.31. The molecule has 134 valence electrons. The number of halogens is 1. The van der Waals surface area contributed by atoms with E-state index in [0.717, 1.165) is 22.6 Å². The Morgan fingerprint density at radius 1 is 1.27 bits per heavy atom. The zero-order valence-corrected chi connectivity index (χ0v) is 16.7. The van der Waals surface area contributed by atoms with Crippen molar-refractivity contribution in [2.45, 2.75) is 6.92 Å². The average molecular weight is 405 g/mol. The molecule has 1 N–H and O–H groups in total. The van der Waals surface area contributed by atoms with Crippen molar-refractivity contribution in [1.29, 1.82) is 0 Å². The molecule has 3 rings (SSSR count). The van der Waals surface area contributed by atoms with Crippen molar-refractivity contribution in [3.63, 3.8) is 0 Å². The number of nitrogens with one attached hydrogen (secondary N) is 1. The second kappa shape index (κ2) is 8.12. The number of anilines is 1. The summed E-state index contributed by atoms with van der Waals surface area (Å²) in [5.74, 6) is 0.666. The van der Waals surface area contributed by atoms with Crippen molar-refractivity contribution in [1.82, 2.24) is 4.90 Å². The molecule has 1 heterocycles. The van der Waals surface area contributed by atoms with E-state index in [1.54, 1.807) is 12.0 Å². The smallest absolute Gasteiger partial charge is 0.267 e. The van der Waals surface area contributed by atoms with Crippen LogP contribution in [0, 0.1) is 6.92 Å². The third kappa shape index (κ3) is 4.20. The van der Waals surface area contributed by atoms with Gasteiger partial charge in [-0.05, 0) is 48.4 Å². The molecule has 0 aromatic heterocycles. The zero-order chi connectivity index (χ0) is 18.7. The Labute approximate surface area is 167 Å². The van der Waals surface area contributed by atoms with Gasteiger partial charge in [0.05, 0.1) is 18.7 Å². The fourth-order valence-corrected chi connectivity index (χ4v) is 3.86. The molecule has 26 heavy (non-hydrogen) atoms. The largest absolute Gasteiger partial charge is 0.497 e. The van der Waals surface area contributed by atoms with Crippen LogP contribution in [0.15, 0.2) is 47.4 Å². The highest BCUT2D eigenvalue weighted by Crippen LogP contribution is 2.33. The summed E-state index contributed by atoms with van der Waals surface area (Å²) in [6.07, 6.45) is 1.84. The number of thioether (sulfide) groups is 1. The Balaban J connectivity index is 1.72. The maximum Gasteiger partial charge on any atom is 0.267 e. The van der Waals surface area contributed by atoms with Crippen molar-refractivity contribution in [3.8, 4) is 5.75 Å². The average Bonchev–Trinajstić information content (AvgIpc) is 2.90. The van der Waals surface area contributed by atoms with Crippen molar-refractivity contribution >= 4 is 57.6 Å². The molecule has 1 aliphatic heterocycles. The van der Waals surface area contributed by atoms with Crippen molar-refractivity contribution < 1.29 is 9.53 Å². The minimum Gasteiger partial charge on any atom is -0.497 e. The van der Waals surface area contributed by atoms with Crippen molar-refractivity contribution in [3.05, 3.63) is 63.5 Å². The van der Waals surface area contributed by atoms with Gasteiger partial charge in [0, 0.05) is 10.7 Å². The molecule has 1 amide bonds. The number of methoxy groups -OCH3 is 1. The lowest BCUT2D eigenvalue weighted by Gasteiger charge is -2.17. The Bertz CT molecular complexity index is 882. The van der Waals surface area contributed by atoms with Crippen LogP contribution in [0.3, 0.4) is 0 Å². The molecule has 2 aromatic carbocycles. The number of carbonyl (C=O) groups is 1. The fraction of sp³-hybridized carbons (Fsp3) is 0.158. The minimum atomic E-state index is -0.108. The van der Waals surface area contributed by atoms with Gasteiger partial charge in [-0.25, -0.2) is 0 Å². The van der Waals surface area contributed by atoms with Gasteiger partial charge < -0.3 is 10.1 Å². The SMILES string of the molecule is COc1ccc(/C=C2\SC(=S)N(CNc3cc(Cl)ccc3C)C2=O)cc1. The fourth-order valence-electron chi connectivity index (χ4n) is 2.44. The molecule has 0 radical (unpaired) electrons. The van der Waals surface area contributed by atoms with E-state index in [4.69, 9.17) is 28.6 Å². The third-order valence-corrected chi connectivity index (χ3v) is 5.53. The predicted molar refractivity (Wildman–Crippen MR) is 113 cm³/mol. The van der Waals surface area contributed by atoms with E-state index in [1.807, 2.05) is 55.5 Å². The molecule has 0 atom stereocenters. The van der Waals surface area contributed by atoms with Crippen LogP contribution in [-0.2, 0) is 4.79 Å². The molecule has 0 aliphatic carbocycles. The first-order valence-electron chi connectivity index (χ1n) is 7.87. The number of nitrogens with zero attached hydrogens (tertiary/aromatic N) is 1. The van der Waals surface area contributed by atoms with Crippen LogP contribution in [0.5, 0.6) is 5.75 Å². The lowest BCUT2D eigenvalue weighted by molar-refractivity contribution is -0.121. The number of carbonyl (C=O) groups excluding carboxylic acids is 1. The molecular weight excluding hydrogens is 388 g/mol. The second-order valence-electron chi connectivity index (χ2n) is 5.68. The third-order valence-electron chi connectivity index (χ3n) is 3.91. The first kappa shape index (κ1) is 18.8. The summed E-state index contributed by atoms with van der Waals surface area (Å²) in [6.45, 7) is 2.28. The monoisotopic (exact) mass is 404 g/mol. The Hall–Kier alpha value is -2.02. The van der Waals surface area contributed by atoms with E-state index < -0.39 is 0 Å². The molecule has 4 nitrogen and oxygen atoms in total. The number of hydrogen-bond donors (Lipinski definition) is 1. The van der Waals surface area contributed by atoms with Crippen LogP contribution in [-0.4, -0.2) is 28.9 Å². The molecule has 1 fully saturated rings. The van der Waals surface area contributed by atoms with Gasteiger partial charge in [0.2, 0.25) is 0 Å². The van der Waals surface area contributed by atoms with Gasteiger partial charge in [-0.15, -0.1) is 0 Å². The first-order valence-corrected chi connectivity index (χ1v) is 9.47. The molecule has 0 unspecified atom stereocenters. The zero-order valence-electron chi connectivity index (χ0n) is 14.3. The molecular formula is C19H17ClN2O2S2. The topological polar surface area (TPSA) is 41.6 Å². The normalized spacial score (nSPS) is 15.7. The Morgan fingerprint density at radius 3 is 2.69 bits per heavy atom. The molecule has 7 heteroatoms. The van der Waals surface area contributed by atoms with Gasteiger partial charge in [-0.1, -0.05) is 53.8 Å². The van der Waals surface area contributed by atoms with Crippen molar-refractivity contribution in [2.75, 3.05) is 19.1 Å². The summed E-state index contributed by atoms with van der Waals surface area (Å²) in [4.78, 5) is 14.8. The van der Waals surface area contributed by atoms with Gasteiger partial charge in [0.1, 0.15) is 10.1 Å². The molecule has 0 saturated carbocycles. The Kier molecular flexibility index (Phi) is 5.86. The van der Waals surface area contributed by atoms with Gasteiger partial charge >= 0.3 is 0 Å². The van der Waals surface area contributed by atoms with E-state index in [2.05, 4.69) is 5.32 Å². The lowest BCUT2D eigenvalue weighted by Crippen LogP contribution is -2.33. The maximum atomic E-state index is 12.7.